The van der Waals surface area contributed by atoms with Crippen LogP contribution in [0.25, 0.3) is 10.8 Å². The number of hydrogen-bond acceptors (Lipinski definition) is 4. The van der Waals surface area contributed by atoms with Crippen LogP contribution in [0.1, 0.15) is 27.0 Å². The minimum absolute atomic E-state index is 0.0222. The smallest absolute Gasteiger partial charge is 0.153 e. The second kappa shape index (κ2) is 6.57. The van der Waals surface area contributed by atoms with Gasteiger partial charge in [-0.1, -0.05) is 24.3 Å². The van der Waals surface area contributed by atoms with E-state index in [4.69, 9.17) is 4.74 Å². The normalized spacial score (nSPS) is 12.8. The van der Waals surface area contributed by atoms with Gasteiger partial charge in [-0.2, -0.15) is 0 Å². The van der Waals surface area contributed by atoms with E-state index in [1.807, 2.05) is 24.3 Å². The Labute approximate surface area is 146 Å². The lowest BCUT2D eigenvalue weighted by Crippen LogP contribution is -2.12. The zero-order valence-electron chi connectivity index (χ0n) is 13.8. The van der Waals surface area contributed by atoms with E-state index in [2.05, 4.69) is 17.4 Å². The van der Waals surface area contributed by atoms with Gasteiger partial charge >= 0.3 is 0 Å². The monoisotopic (exact) mass is 333 g/mol. The highest BCUT2D eigenvalue weighted by atomic mass is 16.5. The molecule has 0 saturated heterocycles. The summed E-state index contributed by atoms with van der Waals surface area (Å²) in [6.07, 6.45) is 1.66. The zero-order valence-corrected chi connectivity index (χ0v) is 13.8. The predicted octanol–water partition coefficient (Wildman–Crippen LogP) is 3.58. The Hall–Kier alpha value is -2.85. The quantitative estimate of drug-likeness (QED) is 0.701. The first-order chi connectivity index (χ1) is 12.2. The summed E-state index contributed by atoms with van der Waals surface area (Å²) in [7, 11) is 0. The van der Waals surface area contributed by atoms with Gasteiger partial charge in [0.05, 0.1) is 12.2 Å². The standard InChI is InChI=1S/C21H19NO3/c23-13-19-9-18-8-14(1-3-16(18)10-20(19)24)11-22-12-15-2-4-21-17(7-15)5-6-25-21/h1-4,7-10,13,22,24H,5-6,11-12H2. The van der Waals surface area contributed by atoms with E-state index in [9.17, 15) is 9.90 Å². The van der Waals surface area contributed by atoms with Gasteiger partial charge in [0.15, 0.2) is 6.29 Å². The molecule has 2 N–H and O–H groups in total. The molecule has 4 heteroatoms. The summed E-state index contributed by atoms with van der Waals surface area (Å²) in [5, 5.41) is 15.1. The third-order valence-corrected chi connectivity index (χ3v) is 4.59. The van der Waals surface area contributed by atoms with Crippen LogP contribution in [-0.4, -0.2) is 18.0 Å². The van der Waals surface area contributed by atoms with Crippen molar-refractivity contribution in [1.82, 2.24) is 5.32 Å². The Morgan fingerprint density at radius 3 is 2.64 bits per heavy atom. The molecule has 0 amide bonds. The van der Waals surface area contributed by atoms with Crippen molar-refractivity contribution in [2.24, 2.45) is 0 Å². The van der Waals surface area contributed by atoms with Gasteiger partial charge in [0, 0.05) is 19.5 Å². The van der Waals surface area contributed by atoms with E-state index in [1.165, 1.54) is 11.1 Å². The SMILES string of the molecule is O=Cc1cc2cc(CNCc3ccc4c(c3)CCO4)ccc2cc1O. The third kappa shape index (κ3) is 3.21. The largest absolute Gasteiger partial charge is 0.507 e. The summed E-state index contributed by atoms with van der Waals surface area (Å²) in [6.45, 7) is 2.31. The first-order valence-electron chi connectivity index (χ1n) is 8.39. The fourth-order valence-corrected chi connectivity index (χ4v) is 3.26. The second-order valence-electron chi connectivity index (χ2n) is 6.35. The number of carbonyl (C=O) groups excluding carboxylic acids is 1. The maximum atomic E-state index is 11.0. The zero-order chi connectivity index (χ0) is 17.2. The molecule has 0 saturated carbocycles. The number of phenols is 1. The van der Waals surface area contributed by atoms with Crippen molar-refractivity contribution in [1.29, 1.82) is 0 Å². The molecular weight excluding hydrogens is 314 g/mol. The van der Waals surface area contributed by atoms with E-state index >= 15 is 0 Å². The fraction of sp³-hybridized carbons (Fsp3) is 0.190. The molecule has 4 rings (SSSR count). The van der Waals surface area contributed by atoms with Gasteiger partial charge in [0.1, 0.15) is 11.5 Å². The van der Waals surface area contributed by atoms with E-state index in [-0.39, 0.29) is 5.75 Å². The van der Waals surface area contributed by atoms with Crippen LogP contribution < -0.4 is 10.1 Å². The molecular formula is C21H19NO3. The van der Waals surface area contributed by atoms with Gasteiger partial charge in [-0.3, -0.25) is 4.79 Å². The number of phenolic OH excluding ortho intramolecular Hbond substituents is 1. The molecule has 1 heterocycles. The lowest BCUT2D eigenvalue weighted by atomic mass is 10.0. The predicted molar refractivity (Wildman–Crippen MR) is 97.2 cm³/mol. The number of ether oxygens (including phenoxy) is 1. The van der Waals surface area contributed by atoms with Crippen LogP contribution in [0.5, 0.6) is 11.5 Å². The van der Waals surface area contributed by atoms with Crippen LogP contribution in [0, 0.1) is 0 Å². The van der Waals surface area contributed by atoms with Gasteiger partial charge in [-0.25, -0.2) is 0 Å². The summed E-state index contributed by atoms with van der Waals surface area (Å²) in [5.74, 6) is 1.03. The molecule has 1 aliphatic rings. The van der Waals surface area contributed by atoms with Gasteiger partial charge in [-0.15, -0.1) is 0 Å². The first kappa shape index (κ1) is 15.7. The Balaban J connectivity index is 1.45. The maximum Gasteiger partial charge on any atom is 0.153 e. The summed E-state index contributed by atoms with van der Waals surface area (Å²) < 4.78 is 5.53. The molecule has 1 aliphatic heterocycles. The molecule has 0 atom stereocenters. The maximum absolute atomic E-state index is 11.0. The topological polar surface area (TPSA) is 58.6 Å². The van der Waals surface area contributed by atoms with Crippen LogP contribution in [0.2, 0.25) is 0 Å². The van der Waals surface area contributed by atoms with Crippen LogP contribution in [0.15, 0.2) is 48.5 Å². The number of hydrogen-bond donors (Lipinski definition) is 2. The third-order valence-electron chi connectivity index (χ3n) is 4.59. The molecule has 126 valence electrons. The summed E-state index contributed by atoms with van der Waals surface area (Å²) in [5.41, 5.74) is 3.99. The van der Waals surface area contributed by atoms with E-state index in [0.717, 1.165) is 48.2 Å². The van der Waals surface area contributed by atoms with Crippen LogP contribution >= 0.6 is 0 Å². The summed E-state index contributed by atoms with van der Waals surface area (Å²) in [4.78, 5) is 11.0. The summed E-state index contributed by atoms with van der Waals surface area (Å²) >= 11 is 0. The fourth-order valence-electron chi connectivity index (χ4n) is 3.26. The number of benzene rings is 3. The molecule has 0 aliphatic carbocycles. The molecule has 3 aromatic rings. The highest BCUT2D eigenvalue weighted by Crippen LogP contribution is 2.26. The van der Waals surface area contributed by atoms with Crippen LogP contribution in [0.3, 0.4) is 0 Å². The van der Waals surface area contributed by atoms with Crippen molar-refractivity contribution in [3.63, 3.8) is 0 Å². The Morgan fingerprint density at radius 1 is 1.00 bits per heavy atom. The van der Waals surface area contributed by atoms with Crippen molar-refractivity contribution in [3.05, 3.63) is 70.8 Å². The number of nitrogens with one attached hydrogen (secondary N) is 1. The number of aldehydes is 1. The summed E-state index contributed by atoms with van der Waals surface area (Å²) in [6, 6.07) is 15.7. The Kier molecular flexibility index (Phi) is 4.12. The molecule has 25 heavy (non-hydrogen) atoms. The van der Waals surface area contributed by atoms with Crippen molar-refractivity contribution in [2.45, 2.75) is 19.5 Å². The lowest BCUT2D eigenvalue weighted by molar-refractivity contribution is 0.112. The Bertz CT molecular complexity index is 949. The van der Waals surface area contributed by atoms with Gasteiger partial charge < -0.3 is 15.2 Å². The van der Waals surface area contributed by atoms with Crippen molar-refractivity contribution in [3.8, 4) is 11.5 Å². The van der Waals surface area contributed by atoms with Crippen LogP contribution in [0.4, 0.5) is 0 Å². The average Bonchev–Trinajstić information content (AvgIpc) is 3.09. The van der Waals surface area contributed by atoms with E-state index in [1.54, 1.807) is 12.1 Å². The van der Waals surface area contributed by atoms with Crippen molar-refractivity contribution in [2.75, 3.05) is 6.61 Å². The molecule has 0 aromatic heterocycles. The molecule has 0 spiro atoms. The molecule has 0 fully saturated rings. The van der Waals surface area contributed by atoms with Gasteiger partial charge in [-0.05, 0) is 51.7 Å². The second-order valence-corrected chi connectivity index (χ2v) is 6.35. The number of aromatic hydroxyl groups is 1. The first-order valence-corrected chi connectivity index (χ1v) is 8.39. The number of carbonyl (C=O) groups is 1. The minimum atomic E-state index is 0.0222. The molecule has 0 unspecified atom stereocenters. The molecule has 4 nitrogen and oxygen atoms in total. The highest BCUT2D eigenvalue weighted by molar-refractivity contribution is 5.92. The number of rotatable bonds is 5. The molecule has 3 aromatic carbocycles. The van der Waals surface area contributed by atoms with Crippen molar-refractivity contribution < 1.29 is 14.6 Å². The van der Waals surface area contributed by atoms with E-state index in [0.29, 0.717) is 11.8 Å². The van der Waals surface area contributed by atoms with Gasteiger partial charge in [0.2, 0.25) is 0 Å². The number of fused-ring (bicyclic) bond motifs is 2. The molecule has 0 bridgehead atoms. The van der Waals surface area contributed by atoms with Crippen LogP contribution in [-0.2, 0) is 19.5 Å². The Morgan fingerprint density at radius 2 is 1.80 bits per heavy atom. The average molecular weight is 333 g/mol. The van der Waals surface area contributed by atoms with E-state index < -0.39 is 0 Å². The lowest BCUT2D eigenvalue weighted by Gasteiger charge is -2.08. The minimum Gasteiger partial charge on any atom is -0.507 e. The van der Waals surface area contributed by atoms with Gasteiger partial charge in [0.25, 0.3) is 0 Å². The highest BCUT2D eigenvalue weighted by Gasteiger charge is 2.11. The van der Waals surface area contributed by atoms with Crippen molar-refractivity contribution >= 4 is 17.1 Å². The molecule has 0 radical (unpaired) electrons.